The summed E-state index contributed by atoms with van der Waals surface area (Å²) in [6, 6.07) is 1.31. The van der Waals surface area contributed by atoms with Crippen LogP contribution in [-0.4, -0.2) is 121 Å². The summed E-state index contributed by atoms with van der Waals surface area (Å²) in [5.41, 5.74) is 0.457. The van der Waals surface area contributed by atoms with Crippen molar-refractivity contribution in [2.45, 2.75) is 107 Å². The Bertz CT molecular complexity index is 995. The number of piperazine rings is 1. The summed E-state index contributed by atoms with van der Waals surface area (Å²) >= 11 is 0. The standard InChI is InChI=1S/C32H51N5O3/c1-34-16-18-36(19-17-34)32(39)25-20-37-28-23-8-4-3-6-21(23)9-12-27(28)40-31-26(11-10-24(29(31)37)30(25)38)33-14-13-22-7-5-15-35(22)2/h20-24,26-29,31,33H,3-19H2,1-2H3. The van der Waals surface area contributed by atoms with Gasteiger partial charge in [0.25, 0.3) is 5.91 Å². The van der Waals surface area contributed by atoms with E-state index < -0.39 is 0 Å². The van der Waals surface area contributed by atoms with E-state index in [-0.39, 0.29) is 41.9 Å². The van der Waals surface area contributed by atoms with Gasteiger partial charge in [-0.1, -0.05) is 19.3 Å². The Kier molecular flexibility index (Phi) is 7.74. The number of ketones is 1. The number of morpholine rings is 1. The molecule has 1 amide bonds. The zero-order valence-electron chi connectivity index (χ0n) is 24.8. The Morgan fingerprint density at radius 2 is 1.75 bits per heavy atom. The topological polar surface area (TPSA) is 68.4 Å². The second-order valence-corrected chi connectivity index (χ2v) is 14.2. The average molecular weight is 554 g/mol. The van der Waals surface area contributed by atoms with Crippen molar-refractivity contribution in [3.8, 4) is 0 Å². The van der Waals surface area contributed by atoms with Gasteiger partial charge in [-0.25, -0.2) is 0 Å². The molecule has 6 fully saturated rings. The summed E-state index contributed by atoms with van der Waals surface area (Å²) in [6.45, 7) is 5.38. The van der Waals surface area contributed by atoms with Gasteiger partial charge in [0.1, 0.15) is 0 Å². The maximum atomic E-state index is 14.1. The molecule has 0 spiro atoms. The van der Waals surface area contributed by atoms with E-state index >= 15 is 0 Å². The van der Waals surface area contributed by atoms with Crippen LogP contribution < -0.4 is 5.32 Å². The highest BCUT2D eigenvalue weighted by Gasteiger charge is 2.58. The second-order valence-electron chi connectivity index (χ2n) is 14.2. The van der Waals surface area contributed by atoms with Crippen molar-refractivity contribution in [3.05, 3.63) is 11.8 Å². The number of nitrogens with one attached hydrogen (secondary N) is 1. The molecule has 0 aromatic rings. The van der Waals surface area contributed by atoms with Gasteiger partial charge in [0.15, 0.2) is 5.78 Å². The van der Waals surface area contributed by atoms with E-state index in [0.717, 1.165) is 44.8 Å². The van der Waals surface area contributed by atoms with Gasteiger partial charge >= 0.3 is 0 Å². The number of likely N-dealkylation sites (N-methyl/N-ethyl adjacent to an activating group) is 1. The first kappa shape index (κ1) is 27.4. The van der Waals surface area contributed by atoms with E-state index in [4.69, 9.17) is 4.74 Å². The van der Waals surface area contributed by atoms with E-state index in [1.807, 2.05) is 4.90 Å². The summed E-state index contributed by atoms with van der Waals surface area (Å²) in [6.07, 6.45) is 15.5. The van der Waals surface area contributed by atoms with Crippen LogP contribution in [0.5, 0.6) is 0 Å². The molecule has 8 nitrogen and oxygen atoms in total. The number of rotatable bonds is 5. The molecule has 9 atom stereocenters. The van der Waals surface area contributed by atoms with E-state index in [1.54, 1.807) is 0 Å². The highest BCUT2D eigenvalue weighted by Crippen LogP contribution is 2.50. The van der Waals surface area contributed by atoms with Crippen LogP contribution in [0.3, 0.4) is 0 Å². The minimum atomic E-state index is -0.134. The fraction of sp³-hybridized carbons (Fsp3) is 0.875. The van der Waals surface area contributed by atoms with Crippen molar-refractivity contribution in [2.24, 2.45) is 17.8 Å². The van der Waals surface area contributed by atoms with Gasteiger partial charge in [-0.05, 0) is 90.4 Å². The van der Waals surface area contributed by atoms with Crippen LogP contribution in [0, 0.1) is 17.8 Å². The van der Waals surface area contributed by atoms with Gasteiger partial charge in [0, 0.05) is 50.4 Å². The molecule has 3 saturated carbocycles. The molecule has 0 bridgehead atoms. The van der Waals surface area contributed by atoms with Crippen molar-refractivity contribution in [1.82, 2.24) is 24.9 Å². The molecule has 3 aliphatic carbocycles. The minimum Gasteiger partial charge on any atom is -0.369 e. The molecule has 9 unspecified atom stereocenters. The van der Waals surface area contributed by atoms with Gasteiger partial charge < -0.3 is 29.7 Å². The number of hydrogen-bond donors (Lipinski definition) is 1. The normalized spacial score (nSPS) is 42.2. The molecule has 7 rings (SSSR count). The van der Waals surface area contributed by atoms with E-state index in [0.29, 0.717) is 36.7 Å². The fourth-order valence-corrected chi connectivity index (χ4v) is 9.75. The van der Waals surface area contributed by atoms with Crippen molar-refractivity contribution >= 4 is 11.7 Å². The zero-order valence-corrected chi connectivity index (χ0v) is 24.8. The number of hydrogen-bond acceptors (Lipinski definition) is 7. The quantitative estimate of drug-likeness (QED) is 0.525. The van der Waals surface area contributed by atoms with E-state index in [1.165, 1.54) is 57.9 Å². The largest absolute Gasteiger partial charge is 0.369 e. The molecule has 0 aromatic heterocycles. The Labute approximate surface area is 240 Å². The first-order valence-corrected chi connectivity index (χ1v) is 16.6. The molecule has 7 aliphatic rings. The lowest BCUT2D eigenvalue weighted by Gasteiger charge is -2.62. The highest BCUT2D eigenvalue weighted by atomic mass is 16.5. The van der Waals surface area contributed by atoms with Crippen LogP contribution >= 0.6 is 0 Å². The third-order valence-corrected chi connectivity index (χ3v) is 12.0. The summed E-state index contributed by atoms with van der Waals surface area (Å²) < 4.78 is 7.11. The van der Waals surface area contributed by atoms with Crippen LogP contribution in [0.25, 0.3) is 0 Å². The number of Topliss-reactive ketones (excluding diaryl/α,β-unsaturated/α-hetero) is 1. The van der Waals surface area contributed by atoms with E-state index in [2.05, 4.69) is 40.3 Å². The van der Waals surface area contributed by atoms with Gasteiger partial charge in [-0.2, -0.15) is 0 Å². The zero-order chi connectivity index (χ0) is 27.4. The molecule has 1 N–H and O–H groups in total. The molecule has 0 radical (unpaired) electrons. The molecule has 3 saturated heterocycles. The van der Waals surface area contributed by atoms with Crippen LogP contribution in [0.15, 0.2) is 11.8 Å². The number of fused-ring (bicyclic) bond motifs is 4. The first-order chi connectivity index (χ1) is 19.5. The lowest BCUT2D eigenvalue weighted by molar-refractivity contribution is -0.207. The van der Waals surface area contributed by atoms with Gasteiger partial charge in [0.2, 0.25) is 0 Å². The third-order valence-electron chi connectivity index (χ3n) is 12.0. The molecule has 8 heteroatoms. The molecule has 4 aliphatic heterocycles. The van der Waals surface area contributed by atoms with Crippen LogP contribution in [-0.2, 0) is 14.3 Å². The molecule has 222 valence electrons. The molecule has 4 heterocycles. The monoisotopic (exact) mass is 553 g/mol. The predicted octanol–water partition coefficient (Wildman–Crippen LogP) is 2.49. The van der Waals surface area contributed by atoms with Gasteiger partial charge in [-0.3, -0.25) is 9.59 Å². The van der Waals surface area contributed by atoms with Crippen LogP contribution in [0.1, 0.15) is 70.6 Å². The number of carbonyl (C=O) groups is 2. The summed E-state index contributed by atoms with van der Waals surface area (Å²) in [7, 11) is 4.36. The number of likely N-dealkylation sites (tertiary alicyclic amines) is 1. The fourth-order valence-electron chi connectivity index (χ4n) is 9.75. The summed E-state index contributed by atoms with van der Waals surface area (Å²) in [5.74, 6) is 1.29. The second kappa shape index (κ2) is 11.3. The van der Waals surface area contributed by atoms with Crippen molar-refractivity contribution in [1.29, 1.82) is 0 Å². The predicted molar refractivity (Wildman–Crippen MR) is 155 cm³/mol. The van der Waals surface area contributed by atoms with E-state index in [9.17, 15) is 9.59 Å². The van der Waals surface area contributed by atoms with Gasteiger partial charge in [0.05, 0.1) is 29.9 Å². The number of amides is 1. The Balaban J connectivity index is 1.16. The number of ether oxygens (including phenoxy) is 1. The van der Waals surface area contributed by atoms with Gasteiger partial charge in [-0.15, -0.1) is 0 Å². The molecular weight excluding hydrogens is 502 g/mol. The lowest BCUT2D eigenvalue weighted by Crippen LogP contribution is -2.72. The SMILES string of the molecule is CN1CCN(C(=O)C2=CN3C4C(CCC5CCCCC54)OC4C(NCCC5CCCN5C)CCC(C2=O)C43)CC1. The minimum absolute atomic E-state index is 0.0157. The van der Waals surface area contributed by atoms with Crippen molar-refractivity contribution in [3.63, 3.8) is 0 Å². The Morgan fingerprint density at radius 3 is 2.55 bits per heavy atom. The highest BCUT2D eigenvalue weighted by molar-refractivity contribution is 6.20. The van der Waals surface area contributed by atoms with Crippen LogP contribution in [0.2, 0.25) is 0 Å². The first-order valence-electron chi connectivity index (χ1n) is 16.6. The molecule has 40 heavy (non-hydrogen) atoms. The van der Waals surface area contributed by atoms with Crippen molar-refractivity contribution in [2.75, 3.05) is 53.4 Å². The Hall–Kier alpha value is -1.48. The molecular formula is C32H51N5O3. The number of nitrogens with zero attached hydrogens (tertiary/aromatic N) is 4. The average Bonchev–Trinajstić information content (AvgIpc) is 3.39. The smallest absolute Gasteiger partial charge is 0.259 e. The third kappa shape index (κ3) is 4.84. The van der Waals surface area contributed by atoms with Crippen molar-refractivity contribution < 1.29 is 14.3 Å². The molecule has 0 aromatic carbocycles. The lowest BCUT2D eigenvalue weighted by atomic mass is 9.63. The summed E-state index contributed by atoms with van der Waals surface area (Å²) in [4.78, 5) is 37.2. The Morgan fingerprint density at radius 1 is 0.925 bits per heavy atom. The van der Waals surface area contributed by atoms with Crippen LogP contribution in [0.4, 0.5) is 0 Å². The maximum absolute atomic E-state index is 14.1. The maximum Gasteiger partial charge on any atom is 0.259 e. The number of carbonyl (C=O) groups excluding carboxylic acids is 2. The summed E-state index contributed by atoms with van der Waals surface area (Å²) in [5, 5.41) is 3.92.